The van der Waals surface area contributed by atoms with Gasteiger partial charge in [-0.1, -0.05) is 48.5 Å². The van der Waals surface area contributed by atoms with Gasteiger partial charge in [0.25, 0.3) is 11.5 Å². The molecule has 172 valence electrons. The molecule has 0 aliphatic carbocycles. The van der Waals surface area contributed by atoms with Crippen LogP contribution in [0.5, 0.6) is 5.75 Å². The number of alkyl halides is 2. The third kappa shape index (κ3) is 5.15. The van der Waals surface area contributed by atoms with Gasteiger partial charge in [0.2, 0.25) is 0 Å². The molecule has 4 rings (SSSR count). The van der Waals surface area contributed by atoms with Crippen molar-refractivity contribution in [2.75, 3.05) is 0 Å². The first-order chi connectivity index (χ1) is 16.4. The zero-order valence-corrected chi connectivity index (χ0v) is 18.1. The number of carbonyl (C=O) groups is 1. The number of rotatable bonds is 7. The molecule has 1 heterocycles. The summed E-state index contributed by atoms with van der Waals surface area (Å²) in [6.45, 7) is -1.04. The second-order valence-electron chi connectivity index (χ2n) is 7.38. The summed E-state index contributed by atoms with van der Waals surface area (Å²) in [7, 11) is 0. The summed E-state index contributed by atoms with van der Waals surface area (Å²) in [5.41, 5.74) is 4.14. The Morgan fingerprint density at radius 1 is 1.00 bits per heavy atom. The van der Waals surface area contributed by atoms with Crippen LogP contribution >= 0.6 is 0 Å². The van der Waals surface area contributed by atoms with E-state index in [1.807, 2.05) is 30.3 Å². The Hall–Kier alpha value is -4.40. The third-order valence-electron chi connectivity index (χ3n) is 5.08. The first kappa shape index (κ1) is 22.8. The van der Waals surface area contributed by atoms with E-state index < -0.39 is 12.5 Å². The van der Waals surface area contributed by atoms with Crippen molar-refractivity contribution >= 4 is 22.4 Å². The summed E-state index contributed by atoms with van der Waals surface area (Å²) in [5.74, 6) is -0.568. The van der Waals surface area contributed by atoms with Crippen LogP contribution in [-0.4, -0.2) is 28.0 Å². The molecule has 1 aromatic heterocycles. The van der Waals surface area contributed by atoms with Gasteiger partial charge in [0.1, 0.15) is 5.75 Å². The lowest BCUT2D eigenvalue weighted by atomic mass is 10.1. The van der Waals surface area contributed by atoms with Crippen LogP contribution < -0.4 is 15.7 Å². The minimum atomic E-state index is -2.91. The molecule has 0 bridgehead atoms. The molecule has 0 fully saturated rings. The Balaban J connectivity index is 1.61. The second-order valence-corrected chi connectivity index (χ2v) is 7.38. The van der Waals surface area contributed by atoms with E-state index >= 15 is 0 Å². The smallest absolute Gasteiger partial charge is 0.387 e. The molecule has 1 amide bonds. The van der Waals surface area contributed by atoms with E-state index in [9.17, 15) is 18.4 Å². The highest BCUT2D eigenvalue weighted by Crippen LogP contribution is 2.16. The van der Waals surface area contributed by atoms with E-state index in [1.54, 1.807) is 43.3 Å². The summed E-state index contributed by atoms with van der Waals surface area (Å²) >= 11 is 0. The summed E-state index contributed by atoms with van der Waals surface area (Å²) in [4.78, 5) is 25.9. The van der Waals surface area contributed by atoms with Gasteiger partial charge in [-0.05, 0) is 48.4 Å². The largest absolute Gasteiger partial charge is 0.435 e. The van der Waals surface area contributed by atoms with Crippen molar-refractivity contribution < 1.29 is 18.3 Å². The van der Waals surface area contributed by atoms with Crippen LogP contribution in [0.1, 0.15) is 28.5 Å². The van der Waals surface area contributed by atoms with E-state index in [1.165, 1.54) is 16.8 Å². The number of aromatic nitrogens is 2. The summed E-state index contributed by atoms with van der Waals surface area (Å²) in [6.07, 6.45) is 0. The first-order valence-electron chi connectivity index (χ1n) is 10.4. The molecule has 0 spiro atoms. The van der Waals surface area contributed by atoms with Crippen LogP contribution in [0.3, 0.4) is 0 Å². The van der Waals surface area contributed by atoms with Crippen LogP contribution in [0.15, 0.2) is 88.8 Å². The van der Waals surface area contributed by atoms with E-state index in [0.717, 1.165) is 5.56 Å². The molecule has 0 saturated heterocycles. The predicted octanol–water partition coefficient (Wildman–Crippen LogP) is 4.20. The Kier molecular flexibility index (Phi) is 6.72. The van der Waals surface area contributed by atoms with Gasteiger partial charge in [0.15, 0.2) is 5.69 Å². The fraction of sp³-hybridized carbons (Fsp3) is 0.120. The standard InChI is InChI=1S/C25H20F2N4O3/c1-16(18-11-13-19(14-12-18)34-25(26)27)28-29-23(32)22-20-9-5-6-10-21(20)24(33)31(30-22)15-17-7-3-2-4-8-17/h2-14,25H,15H2,1H3,(H,29,32)/b28-16+. The molecule has 0 atom stereocenters. The van der Waals surface area contributed by atoms with Gasteiger partial charge in [-0.2, -0.15) is 19.0 Å². The van der Waals surface area contributed by atoms with Crippen molar-refractivity contribution in [3.63, 3.8) is 0 Å². The van der Waals surface area contributed by atoms with Crippen LogP contribution in [0.4, 0.5) is 8.78 Å². The number of halogens is 2. The zero-order valence-electron chi connectivity index (χ0n) is 18.1. The number of benzene rings is 3. The number of hydrazone groups is 1. The molecule has 7 nitrogen and oxygen atoms in total. The molecular weight excluding hydrogens is 442 g/mol. The van der Waals surface area contributed by atoms with Crippen molar-refractivity contribution in [2.45, 2.75) is 20.1 Å². The molecule has 34 heavy (non-hydrogen) atoms. The normalized spacial score (nSPS) is 11.6. The quantitative estimate of drug-likeness (QED) is 0.330. The Bertz CT molecular complexity index is 1400. The number of hydrogen-bond donors (Lipinski definition) is 1. The number of nitrogens with zero attached hydrogens (tertiary/aromatic N) is 3. The number of ether oxygens (including phenoxy) is 1. The van der Waals surface area contributed by atoms with Gasteiger partial charge >= 0.3 is 6.61 Å². The molecule has 0 aliphatic heterocycles. The summed E-state index contributed by atoms with van der Waals surface area (Å²) in [6, 6.07) is 22.0. The molecular formula is C25H20F2N4O3. The molecule has 0 aliphatic rings. The van der Waals surface area contributed by atoms with Crippen molar-refractivity contribution in [3.8, 4) is 5.75 Å². The maximum atomic E-state index is 13.0. The highest BCUT2D eigenvalue weighted by atomic mass is 19.3. The lowest BCUT2D eigenvalue weighted by Crippen LogP contribution is -2.29. The first-order valence-corrected chi connectivity index (χ1v) is 10.4. The maximum absolute atomic E-state index is 13.0. The fourth-order valence-corrected chi connectivity index (χ4v) is 3.40. The summed E-state index contributed by atoms with van der Waals surface area (Å²) < 4.78 is 30.2. The zero-order chi connectivity index (χ0) is 24.1. The van der Waals surface area contributed by atoms with Gasteiger partial charge < -0.3 is 4.74 Å². The van der Waals surface area contributed by atoms with Crippen LogP contribution in [0.25, 0.3) is 10.8 Å². The van der Waals surface area contributed by atoms with Crippen molar-refractivity contribution in [1.29, 1.82) is 0 Å². The van der Waals surface area contributed by atoms with E-state index in [-0.39, 0.29) is 23.5 Å². The van der Waals surface area contributed by atoms with Gasteiger partial charge in [0, 0.05) is 5.39 Å². The lowest BCUT2D eigenvalue weighted by molar-refractivity contribution is -0.0498. The minimum Gasteiger partial charge on any atom is -0.435 e. The Labute approximate surface area is 193 Å². The summed E-state index contributed by atoms with van der Waals surface area (Å²) in [5, 5.41) is 9.21. The van der Waals surface area contributed by atoms with Crippen molar-refractivity contribution in [2.24, 2.45) is 5.10 Å². The van der Waals surface area contributed by atoms with Crippen LogP contribution in [0.2, 0.25) is 0 Å². The average molecular weight is 462 g/mol. The lowest BCUT2D eigenvalue weighted by Gasteiger charge is -2.11. The van der Waals surface area contributed by atoms with E-state index in [0.29, 0.717) is 22.0 Å². The van der Waals surface area contributed by atoms with Crippen LogP contribution in [0, 0.1) is 0 Å². The number of fused-ring (bicyclic) bond motifs is 1. The SMILES string of the molecule is C/C(=N\NC(=O)c1nn(Cc2ccccc2)c(=O)c2ccccc12)c1ccc(OC(F)F)cc1. The highest BCUT2D eigenvalue weighted by molar-refractivity contribution is 6.06. The van der Waals surface area contributed by atoms with Gasteiger partial charge in [-0.15, -0.1) is 0 Å². The third-order valence-corrected chi connectivity index (χ3v) is 5.08. The monoisotopic (exact) mass is 462 g/mol. The minimum absolute atomic E-state index is 0.0203. The number of amides is 1. The maximum Gasteiger partial charge on any atom is 0.387 e. The molecule has 9 heteroatoms. The van der Waals surface area contributed by atoms with E-state index in [4.69, 9.17) is 0 Å². The Morgan fingerprint density at radius 2 is 1.65 bits per heavy atom. The van der Waals surface area contributed by atoms with Gasteiger partial charge in [-0.3, -0.25) is 9.59 Å². The highest BCUT2D eigenvalue weighted by Gasteiger charge is 2.17. The number of carbonyl (C=O) groups excluding carboxylic acids is 1. The predicted molar refractivity (Wildman–Crippen MR) is 124 cm³/mol. The Morgan fingerprint density at radius 3 is 2.32 bits per heavy atom. The van der Waals surface area contributed by atoms with E-state index in [2.05, 4.69) is 20.4 Å². The molecule has 1 N–H and O–H groups in total. The number of hydrogen-bond acceptors (Lipinski definition) is 5. The molecule has 0 saturated carbocycles. The van der Waals surface area contributed by atoms with Gasteiger partial charge in [0.05, 0.1) is 17.6 Å². The number of nitrogens with one attached hydrogen (secondary N) is 1. The van der Waals surface area contributed by atoms with Crippen LogP contribution in [-0.2, 0) is 6.54 Å². The van der Waals surface area contributed by atoms with Crippen molar-refractivity contribution in [3.05, 3.63) is 106 Å². The molecule has 0 radical (unpaired) electrons. The average Bonchev–Trinajstić information content (AvgIpc) is 2.85. The van der Waals surface area contributed by atoms with Gasteiger partial charge in [-0.25, -0.2) is 10.1 Å². The fourth-order valence-electron chi connectivity index (χ4n) is 3.40. The topological polar surface area (TPSA) is 85.6 Å². The second kappa shape index (κ2) is 10.0. The molecule has 4 aromatic rings. The molecule has 0 unspecified atom stereocenters. The molecule has 3 aromatic carbocycles. The van der Waals surface area contributed by atoms with Crippen molar-refractivity contribution in [1.82, 2.24) is 15.2 Å².